The number of carboxylic acids is 1. The maximum Gasteiger partial charge on any atom is 0.328 e. The lowest BCUT2D eigenvalue weighted by atomic mass is 10.1. The van der Waals surface area contributed by atoms with E-state index in [4.69, 9.17) is 5.11 Å². The number of hydrogen-bond acceptors (Lipinski definition) is 1. The molecule has 0 heterocycles. The molecule has 0 radical (unpaired) electrons. The van der Waals surface area contributed by atoms with E-state index in [2.05, 4.69) is 0 Å². The van der Waals surface area contributed by atoms with Gasteiger partial charge >= 0.3 is 5.97 Å². The summed E-state index contributed by atoms with van der Waals surface area (Å²) in [5.41, 5.74) is 1.86. The van der Waals surface area contributed by atoms with Crippen molar-refractivity contribution in [2.75, 3.05) is 0 Å². The number of allylic oxidation sites excluding steroid dienone is 7. The van der Waals surface area contributed by atoms with E-state index in [-0.39, 0.29) is 0 Å². The molecule has 0 aliphatic carbocycles. The summed E-state index contributed by atoms with van der Waals surface area (Å²) >= 11 is 0. The molecule has 0 aliphatic heterocycles. The van der Waals surface area contributed by atoms with Crippen LogP contribution in [0.5, 0.6) is 0 Å². The van der Waals surface area contributed by atoms with E-state index in [1.165, 1.54) is 0 Å². The van der Waals surface area contributed by atoms with Crippen molar-refractivity contribution in [1.29, 1.82) is 0 Å². The Balaban J connectivity index is 2.74. The average molecular weight is 266 g/mol. The van der Waals surface area contributed by atoms with E-state index in [1.54, 1.807) is 6.08 Å². The highest BCUT2D eigenvalue weighted by molar-refractivity contribution is 5.86. The van der Waals surface area contributed by atoms with Crippen molar-refractivity contribution >= 4 is 18.1 Å². The van der Waals surface area contributed by atoms with Crippen LogP contribution in [0.2, 0.25) is 0 Å². The second-order valence-electron chi connectivity index (χ2n) is 3.96. The number of rotatable bonds is 6. The first kappa shape index (κ1) is 15.4. The topological polar surface area (TPSA) is 37.3 Å². The van der Waals surface area contributed by atoms with Crippen LogP contribution in [-0.2, 0) is 4.79 Å². The summed E-state index contributed by atoms with van der Waals surface area (Å²) < 4.78 is 0. The summed E-state index contributed by atoms with van der Waals surface area (Å²) in [7, 11) is 0. The molecular weight excluding hydrogens is 248 g/mol. The van der Waals surface area contributed by atoms with E-state index in [1.807, 2.05) is 79.8 Å². The molecule has 1 N–H and O–H groups in total. The Morgan fingerprint density at radius 3 is 2.05 bits per heavy atom. The Bertz CT molecular complexity index is 573. The summed E-state index contributed by atoms with van der Waals surface area (Å²) in [4.78, 5) is 10.5. The lowest BCUT2D eigenvalue weighted by Gasteiger charge is -1.98. The number of carbonyl (C=O) groups is 1. The van der Waals surface area contributed by atoms with Crippen LogP contribution in [0.15, 0.2) is 72.9 Å². The van der Waals surface area contributed by atoms with Crippen LogP contribution in [0.25, 0.3) is 12.2 Å². The monoisotopic (exact) mass is 266 g/mol. The van der Waals surface area contributed by atoms with Gasteiger partial charge in [-0.2, -0.15) is 0 Å². The molecule has 1 rings (SSSR count). The van der Waals surface area contributed by atoms with Crippen molar-refractivity contribution in [1.82, 2.24) is 0 Å². The number of benzene rings is 1. The molecule has 0 amide bonds. The highest BCUT2D eigenvalue weighted by Crippen LogP contribution is 2.12. The van der Waals surface area contributed by atoms with Crippen LogP contribution >= 0.6 is 0 Å². The zero-order valence-corrected chi connectivity index (χ0v) is 11.4. The second kappa shape index (κ2) is 9.34. The molecule has 2 heteroatoms. The molecule has 0 fully saturated rings. The van der Waals surface area contributed by atoms with Gasteiger partial charge in [-0.1, -0.05) is 72.9 Å². The van der Waals surface area contributed by atoms with E-state index in [0.717, 1.165) is 17.2 Å². The average Bonchev–Trinajstić information content (AvgIpc) is 2.45. The summed E-state index contributed by atoms with van der Waals surface area (Å²) in [6.07, 6.45) is 18.3. The molecule has 1 aromatic carbocycles. The van der Waals surface area contributed by atoms with Crippen molar-refractivity contribution in [3.63, 3.8) is 0 Å². The quantitative estimate of drug-likeness (QED) is 0.608. The molecule has 0 saturated heterocycles. The van der Waals surface area contributed by atoms with Crippen LogP contribution in [0.4, 0.5) is 0 Å². The smallest absolute Gasteiger partial charge is 0.328 e. The van der Waals surface area contributed by atoms with Gasteiger partial charge in [0, 0.05) is 6.08 Å². The van der Waals surface area contributed by atoms with Gasteiger partial charge in [-0.15, -0.1) is 0 Å². The van der Waals surface area contributed by atoms with Gasteiger partial charge in [-0.3, -0.25) is 0 Å². The summed E-state index contributed by atoms with van der Waals surface area (Å²) in [6, 6.07) is 7.64. The van der Waals surface area contributed by atoms with Crippen molar-refractivity contribution in [2.45, 2.75) is 6.92 Å². The minimum atomic E-state index is -0.946. The predicted molar refractivity (Wildman–Crippen MR) is 85.2 cm³/mol. The Labute approximate surface area is 119 Å². The molecule has 0 bridgehead atoms. The molecule has 0 spiro atoms. The fraction of sp³-hybridized carbons (Fsp3) is 0.0556. The lowest BCUT2D eigenvalue weighted by Crippen LogP contribution is -1.86. The molecule has 0 unspecified atom stereocenters. The Morgan fingerprint density at radius 2 is 1.45 bits per heavy atom. The fourth-order valence-electron chi connectivity index (χ4n) is 1.50. The van der Waals surface area contributed by atoms with Gasteiger partial charge in [0.15, 0.2) is 0 Å². The molecule has 20 heavy (non-hydrogen) atoms. The van der Waals surface area contributed by atoms with Gasteiger partial charge in [0.1, 0.15) is 0 Å². The van der Waals surface area contributed by atoms with Crippen LogP contribution in [0.3, 0.4) is 0 Å². The third kappa shape index (κ3) is 6.36. The predicted octanol–water partition coefficient (Wildman–Crippen LogP) is 4.49. The molecule has 0 aliphatic rings. The third-order valence-corrected chi connectivity index (χ3v) is 2.43. The first-order chi connectivity index (χ1) is 9.74. The highest BCUT2D eigenvalue weighted by Gasteiger charge is 1.94. The first-order valence-electron chi connectivity index (χ1n) is 6.37. The van der Waals surface area contributed by atoms with Crippen LogP contribution in [0, 0.1) is 0 Å². The van der Waals surface area contributed by atoms with Gasteiger partial charge in [0.25, 0.3) is 0 Å². The van der Waals surface area contributed by atoms with Gasteiger partial charge in [-0.25, -0.2) is 4.79 Å². The van der Waals surface area contributed by atoms with Gasteiger partial charge in [0.05, 0.1) is 0 Å². The zero-order chi connectivity index (χ0) is 14.6. The normalized spacial score (nSPS) is 12.7. The van der Waals surface area contributed by atoms with Crippen molar-refractivity contribution in [3.8, 4) is 0 Å². The SMILES string of the molecule is C/C=C/C=C\C=C\C=C/c1ccccc1/C=C/C(=O)O. The molecule has 0 saturated carbocycles. The standard InChI is InChI=1S/C18H18O2/c1-2-3-4-5-6-7-8-11-16-12-9-10-13-17(16)14-15-18(19)20/h2-15H,1H3,(H,19,20)/b3-2+,5-4-,7-6+,11-8-,15-14+. The van der Waals surface area contributed by atoms with E-state index in [0.29, 0.717) is 0 Å². The molecule has 0 aromatic heterocycles. The largest absolute Gasteiger partial charge is 0.478 e. The molecule has 102 valence electrons. The van der Waals surface area contributed by atoms with Crippen molar-refractivity contribution < 1.29 is 9.90 Å². The van der Waals surface area contributed by atoms with Crippen LogP contribution in [-0.4, -0.2) is 11.1 Å². The van der Waals surface area contributed by atoms with Crippen molar-refractivity contribution in [2.24, 2.45) is 0 Å². The van der Waals surface area contributed by atoms with E-state index in [9.17, 15) is 4.79 Å². The highest BCUT2D eigenvalue weighted by atomic mass is 16.4. The molecule has 1 aromatic rings. The molecule has 0 atom stereocenters. The minimum Gasteiger partial charge on any atom is -0.478 e. The van der Waals surface area contributed by atoms with E-state index < -0.39 is 5.97 Å². The van der Waals surface area contributed by atoms with Gasteiger partial charge in [0.2, 0.25) is 0 Å². The molecule has 2 nitrogen and oxygen atoms in total. The van der Waals surface area contributed by atoms with Crippen molar-refractivity contribution in [3.05, 3.63) is 84.0 Å². The summed E-state index contributed by atoms with van der Waals surface area (Å²) in [5, 5.41) is 8.65. The third-order valence-electron chi connectivity index (χ3n) is 2.43. The van der Waals surface area contributed by atoms with Gasteiger partial charge < -0.3 is 5.11 Å². The Hall–Kier alpha value is -2.61. The second-order valence-corrected chi connectivity index (χ2v) is 3.96. The maximum absolute atomic E-state index is 10.5. The fourth-order valence-corrected chi connectivity index (χ4v) is 1.50. The first-order valence-corrected chi connectivity index (χ1v) is 6.37. The number of hydrogen-bond donors (Lipinski definition) is 1. The summed E-state index contributed by atoms with van der Waals surface area (Å²) in [5.74, 6) is -0.946. The van der Waals surface area contributed by atoms with Crippen LogP contribution < -0.4 is 0 Å². The Kier molecular flexibility index (Phi) is 7.21. The summed E-state index contributed by atoms with van der Waals surface area (Å²) in [6.45, 7) is 1.97. The number of aliphatic carboxylic acids is 1. The number of carboxylic acid groups (broad SMARTS) is 1. The lowest BCUT2D eigenvalue weighted by molar-refractivity contribution is -0.131. The maximum atomic E-state index is 10.5. The van der Waals surface area contributed by atoms with Crippen LogP contribution in [0.1, 0.15) is 18.1 Å². The Morgan fingerprint density at radius 1 is 0.900 bits per heavy atom. The zero-order valence-electron chi connectivity index (χ0n) is 11.4. The van der Waals surface area contributed by atoms with E-state index >= 15 is 0 Å². The minimum absolute atomic E-state index is 0.879. The van der Waals surface area contributed by atoms with Gasteiger partial charge in [-0.05, 0) is 24.1 Å². The molecular formula is C18H18O2.